The third-order valence-electron chi connectivity index (χ3n) is 3.24. The van der Waals surface area contributed by atoms with Crippen LogP contribution in [0.3, 0.4) is 0 Å². The maximum Gasteiger partial charge on any atom is 0.339 e. The molecular formula is C13H14Cl2N2O3. The second-order valence-electron chi connectivity index (χ2n) is 4.50. The normalized spacial score (nSPS) is 14.9. The number of hydrogen-bond acceptors (Lipinski definition) is 3. The van der Waals surface area contributed by atoms with Gasteiger partial charge in [-0.05, 0) is 12.1 Å². The molecule has 1 aliphatic rings. The van der Waals surface area contributed by atoms with Crippen LogP contribution in [0, 0.1) is 0 Å². The number of nitrogens with zero attached hydrogens (tertiary/aromatic N) is 2. The first-order valence-corrected chi connectivity index (χ1v) is 6.76. The van der Waals surface area contributed by atoms with E-state index in [0.29, 0.717) is 23.7 Å². The van der Waals surface area contributed by atoms with E-state index in [-0.39, 0.29) is 23.2 Å². The van der Waals surface area contributed by atoms with Gasteiger partial charge >= 0.3 is 12.0 Å². The lowest BCUT2D eigenvalue weighted by atomic mass is 10.1. The molecule has 0 radical (unpaired) electrons. The topological polar surface area (TPSA) is 49.9 Å². The van der Waals surface area contributed by atoms with E-state index in [1.165, 1.54) is 13.2 Å². The van der Waals surface area contributed by atoms with Crippen LogP contribution < -0.4 is 0 Å². The van der Waals surface area contributed by atoms with Crippen molar-refractivity contribution in [3.63, 3.8) is 0 Å². The molecule has 0 atom stereocenters. The second kappa shape index (κ2) is 5.89. The van der Waals surface area contributed by atoms with Crippen molar-refractivity contribution in [1.29, 1.82) is 0 Å². The van der Waals surface area contributed by atoms with Gasteiger partial charge in [-0.25, -0.2) is 9.59 Å². The predicted octanol–water partition coefficient (Wildman–Crippen LogP) is 2.65. The van der Waals surface area contributed by atoms with E-state index in [0.717, 1.165) is 0 Å². The molecule has 1 heterocycles. The lowest BCUT2D eigenvalue weighted by Crippen LogP contribution is -2.29. The highest BCUT2D eigenvalue weighted by molar-refractivity contribution is 6.38. The average molecular weight is 317 g/mol. The zero-order valence-electron chi connectivity index (χ0n) is 11.2. The minimum atomic E-state index is -0.530. The number of carbonyl (C=O) groups excluding carboxylic acids is 2. The SMILES string of the molecule is COC(=O)c1ccc(Cl)c(CN2CCN(C)C2=O)c1Cl. The summed E-state index contributed by atoms with van der Waals surface area (Å²) in [4.78, 5) is 26.7. The Morgan fingerprint density at radius 3 is 2.60 bits per heavy atom. The fourth-order valence-corrected chi connectivity index (χ4v) is 2.62. The molecule has 0 unspecified atom stereocenters. The van der Waals surface area contributed by atoms with Crippen molar-refractivity contribution >= 4 is 35.2 Å². The van der Waals surface area contributed by atoms with Crippen LogP contribution in [0.5, 0.6) is 0 Å². The number of benzene rings is 1. The molecule has 0 aromatic heterocycles. The third-order valence-corrected chi connectivity index (χ3v) is 4.03. The van der Waals surface area contributed by atoms with Crippen molar-refractivity contribution in [2.75, 3.05) is 27.2 Å². The van der Waals surface area contributed by atoms with Gasteiger partial charge in [0, 0.05) is 30.7 Å². The Morgan fingerprint density at radius 2 is 2.05 bits per heavy atom. The van der Waals surface area contributed by atoms with E-state index in [1.54, 1.807) is 22.9 Å². The fraction of sp³-hybridized carbons (Fsp3) is 0.385. The fourth-order valence-electron chi connectivity index (χ4n) is 2.05. The molecule has 20 heavy (non-hydrogen) atoms. The summed E-state index contributed by atoms with van der Waals surface area (Å²) in [5.41, 5.74) is 0.799. The number of amides is 2. The molecule has 5 nitrogen and oxygen atoms in total. The molecule has 2 amide bonds. The van der Waals surface area contributed by atoms with Crippen molar-refractivity contribution in [3.05, 3.63) is 33.3 Å². The molecule has 0 aliphatic carbocycles. The largest absolute Gasteiger partial charge is 0.465 e. The molecule has 1 aromatic rings. The first-order valence-electron chi connectivity index (χ1n) is 6.01. The summed E-state index contributed by atoms with van der Waals surface area (Å²) < 4.78 is 4.66. The highest BCUT2D eigenvalue weighted by Crippen LogP contribution is 2.30. The Bertz CT molecular complexity index is 563. The Hall–Kier alpha value is -1.46. The maximum absolute atomic E-state index is 11.9. The molecule has 1 aromatic carbocycles. The van der Waals surface area contributed by atoms with Crippen LogP contribution in [0.4, 0.5) is 4.79 Å². The molecule has 108 valence electrons. The number of esters is 1. The summed E-state index contributed by atoms with van der Waals surface area (Å²) in [5, 5.41) is 0.650. The van der Waals surface area contributed by atoms with E-state index in [9.17, 15) is 9.59 Å². The van der Waals surface area contributed by atoms with Crippen molar-refractivity contribution in [2.24, 2.45) is 0 Å². The molecule has 1 saturated heterocycles. The van der Waals surface area contributed by atoms with Gasteiger partial charge in [0.05, 0.1) is 24.2 Å². The van der Waals surface area contributed by atoms with Crippen LogP contribution in [0.15, 0.2) is 12.1 Å². The van der Waals surface area contributed by atoms with Crippen LogP contribution in [0.2, 0.25) is 10.0 Å². The Morgan fingerprint density at radius 1 is 1.35 bits per heavy atom. The molecule has 0 spiro atoms. The molecule has 2 rings (SSSR count). The molecule has 0 N–H and O–H groups in total. The lowest BCUT2D eigenvalue weighted by molar-refractivity contribution is 0.0601. The standard InChI is InChI=1S/C13H14Cl2N2O3/c1-16-5-6-17(13(16)19)7-9-10(14)4-3-8(11(9)15)12(18)20-2/h3-4H,5-7H2,1-2H3. The average Bonchev–Trinajstić information content (AvgIpc) is 2.74. The minimum absolute atomic E-state index is 0.0828. The molecule has 1 aliphatic heterocycles. The van der Waals surface area contributed by atoms with Crippen LogP contribution in [-0.4, -0.2) is 49.0 Å². The van der Waals surface area contributed by atoms with Gasteiger partial charge in [0.1, 0.15) is 0 Å². The molecule has 0 bridgehead atoms. The molecule has 1 fully saturated rings. The monoisotopic (exact) mass is 316 g/mol. The summed E-state index contributed by atoms with van der Waals surface area (Å²) >= 11 is 12.3. The number of hydrogen-bond donors (Lipinski definition) is 0. The zero-order chi connectivity index (χ0) is 14.9. The van der Waals surface area contributed by atoms with Gasteiger partial charge in [0.2, 0.25) is 0 Å². The van der Waals surface area contributed by atoms with Gasteiger partial charge < -0.3 is 14.5 Å². The van der Waals surface area contributed by atoms with Gasteiger partial charge in [0.15, 0.2) is 0 Å². The van der Waals surface area contributed by atoms with Crippen molar-refractivity contribution in [1.82, 2.24) is 9.80 Å². The number of methoxy groups -OCH3 is 1. The van der Waals surface area contributed by atoms with Crippen molar-refractivity contribution < 1.29 is 14.3 Å². The smallest absolute Gasteiger partial charge is 0.339 e. The highest BCUT2D eigenvalue weighted by atomic mass is 35.5. The van der Waals surface area contributed by atoms with Crippen LogP contribution in [-0.2, 0) is 11.3 Å². The van der Waals surface area contributed by atoms with Gasteiger partial charge in [-0.1, -0.05) is 23.2 Å². The second-order valence-corrected chi connectivity index (χ2v) is 5.29. The van der Waals surface area contributed by atoms with Gasteiger partial charge in [0.25, 0.3) is 0 Å². The Balaban J connectivity index is 2.32. The third kappa shape index (κ3) is 2.69. The summed E-state index contributed by atoms with van der Waals surface area (Å²) in [6, 6.07) is 3.01. The van der Waals surface area contributed by atoms with E-state index >= 15 is 0 Å². The maximum atomic E-state index is 11.9. The highest BCUT2D eigenvalue weighted by Gasteiger charge is 2.27. The Kier molecular flexibility index (Phi) is 4.40. The van der Waals surface area contributed by atoms with E-state index in [4.69, 9.17) is 23.2 Å². The van der Waals surface area contributed by atoms with Crippen LogP contribution in [0.1, 0.15) is 15.9 Å². The van der Waals surface area contributed by atoms with Gasteiger partial charge in [-0.2, -0.15) is 0 Å². The lowest BCUT2D eigenvalue weighted by Gasteiger charge is -2.18. The van der Waals surface area contributed by atoms with Crippen LogP contribution in [0.25, 0.3) is 0 Å². The first-order chi connectivity index (χ1) is 9.45. The number of likely N-dealkylation sites (N-methyl/N-ethyl adjacent to an activating group) is 1. The van der Waals surface area contributed by atoms with E-state index in [1.807, 2.05) is 0 Å². The van der Waals surface area contributed by atoms with E-state index in [2.05, 4.69) is 4.74 Å². The number of urea groups is 1. The first kappa shape index (κ1) is 14.9. The van der Waals surface area contributed by atoms with Crippen molar-refractivity contribution in [3.8, 4) is 0 Å². The Labute approximate surface area is 127 Å². The predicted molar refractivity (Wildman–Crippen MR) is 76.2 cm³/mol. The summed E-state index contributed by atoms with van der Waals surface area (Å²) in [5.74, 6) is -0.530. The van der Waals surface area contributed by atoms with Gasteiger partial charge in [-0.15, -0.1) is 0 Å². The van der Waals surface area contributed by atoms with Crippen LogP contribution >= 0.6 is 23.2 Å². The summed E-state index contributed by atoms with van der Waals surface area (Å²) in [7, 11) is 3.02. The molecular weight excluding hydrogens is 303 g/mol. The summed E-state index contributed by atoms with van der Waals surface area (Å²) in [6.07, 6.45) is 0. The zero-order valence-corrected chi connectivity index (χ0v) is 12.7. The number of carbonyl (C=O) groups is 2. The number of ether oxygens (including phenoxy) is 1. The number of halogens is 2. The molecule has 0 saturated carbocycles. The summed E-state index contributed by atoms with van der Waals surface area (Å²) in [6.45, 7) is 1.53. The van der Waals surface area contributed by atoms with Crippen molar-refractivity contribution in [2.45, 2.75) is 6.54 Å². The molecule has 7 heteroatoms. The van der Waals surface area contributed by atoms with Gasteiger partial charge in [-0.3, -0.25) is 0 Å². The van der Waals surface area contributed by atoms with E-state index < -0.39 is 5.97 Å². The number of rotatable bonds is 3. The quantitative estimate of drug-likeness (QED) is 0.805. The minimum Gasteiger partial charge on any atom is -0.465 e.